The van der Waals surface area contributed by atoms with Crippen LogP contribution >= 0.6 is 11.8 Å². The molecule has 0 spiro atoms. The first-order valence-corrected chi connectivity index (χ1v) is 12.7. The summed E-state index contributed by atoms with van der Waals surface area (Å²) in [5, 5.41) is 11.1. The zero-order valence-electron chi connectivity index (χ0n) is 20.1. The number of amides is 1. The van der Waals surface area contributed by atoms with Crippen LogP contribution in [0.5, 0.6) is 5.75 Å². The lowest BCUT2D eigenvalue weighted by Crippen LogP contribution is -2.42. The Morgan fingerprint density at radius 2 is 1.47 bits per heavy atom. The van der Waals surface area contributed by atoms with Crippen molar-refractivity contribution in [2.45, 2.75) is 11.8 Å². The van der Waals surface area contributed by atoms with E-state index in [1.165, 1.54) is 11.8 Å². The molecule has 2 aromatic heterocycles. The largest absolute Gasteiger partial charge is 0.486 e. The Bertz CT molecular complexity index is 1600. The highest BCUT2D eigenvalue weighted by Gasteiger charge is 2.36. The van der Waals surface area contributed by atoms with Crippen LogP contribution in [-0.4, -0.2) is 25.8 Å². The summed E-state index contributed by atoms with van der Waals surface area (Å²) in [7, 11) is 0. The highest BCUT2D eigenvalue weighted by atomic mass is 32.2. The number of nitrogens with two attached hydrogens (primary N) is 1. The maximum absolute atomic E-state index is 14.2. The molecule has 0 fully saturated rings. The van der Waals surface area contributed by atoms with Crippen LogP contribution in [-0.2, 0) is 6.61 Å². The average Bonchev–Trinajstić information content (AvgIpc) is 3.39. The number of carbonyl (C=O) groups excluding carboxylic acids is 1. The van der Waals surface area contributed by atoms with Crippen molar-refractivity contribution in [2.75, 3.05) is 10.7 Å². The van der Waals surface area contributed by atoms with E-state index in [0.29, 0.717) is 28.0 Å². The molecule has 3 heterocycles. The van der Waals surface area contributed by atoms with Gasteiger partial charge in [-0.25, -0.2) is 9.69 Å². The number of thioether (sulfide) groups is 1. The summed E-state index contributed by atoms with van der Waals surface area (Å²) in [4.78, 5) is 19.2. The van der Waals surface area contributed by atoms with Crippen LogP contribution in [0.3, 0.4) is 0 Å². The highest BCUT2D eigenvalue weighted by Crippen LogP contribution is 2.45. The predicted molar refractivity (Wildman–Crippen MR) is 148 cm³/mol. The van der Waals surface area contributed by atoms with Crippen LogP contribution in [0, 0.1) is 0 Å². The number of pyridine rings is 1. The molecule has 1 amide bonds. The molecule has 0 radical (unpaired) electrons. The van der Waals surface area contributed by atoms with Gasteiger partial charge >= 0.3 is 0 Å². The quantitative estimate of drug-likeness (QED) is 0.307. The van der Waals surface area contributed by atoms with Gasteiger partial charge < -0.3 is 10.5 Å². The van der Waals surface area contributed by atoms with Crippen molar-refractivity contribution < 1.29 is 9.53 Å². The Labute approximate surface area is 223 Å². The Balaban J connectivity index is 1.51. The molecule has 1 aliphatic heterocycles. The summed E-state index contributed by atoms with van der Waals surface area (Å²) in [6, 6.07) is 30.3. The fraction of sp³-hybridized carbons (Fsp3) is 0.0345. The molecule has 9 heteroatoms. The Morgan fingerprint density at radius 3 is 2.16 bits per heavy atom. The molecule has 0 bridgehead atoms. The van der Waals surface area contributed by atoms with Gasteiger partial charge in [-0.2, -0.15) is 0 Å². The van der Waals surface area contributed by atoms with E-state index in [2.05, 4.69) is 15.2 Å². The number of hydrogen-bond donors (Lipinski definition) is 1. The molecule has 1 aliphatic rings. The third-order valence-electron chi connectivity index (χ3n) is 5.95. The second kappa shape index (κ2) is 10.2. The summed E-state index contributed by atoms with van der Waals surface area (Å²) in [6.45, 7) is 0.0976. The summed E-state index contributed by atoms with van der Waals surface area (Å²) in [5.74, 6) is 0.873. The lowest BCUT2D eigenvalue weighted by molar-refractivity contribution is 0.0971. The molecule has 0 saturated heterocycles. The van der Waals surface area contributed by atoms with E-state index in [-0.39, 0.29) is 12.5 Å². The maximum Gasteiger partial charge on any atom is 0.277 e. The van der Waals surface area contributed by atoms with Gasteiger partial charge in [-0.3, -0.25) is 9.78 Å². The second-order valence-electron chi connectivity index (χ2n) is 8.43. The van der Waals surface area contributed by atoms with E-state index in [9.17, 15) is 4.79 Å². The minimum atomic E-state index is -0.241. The lowest BCUT2D eigenvalue weighted by Gasteiger charge is -2.33. The molecule has 38 heavy (non-hydrogen) atoms. The van der Waals surface area contributed by atoms with Crippen molar-refractivity contribution in [1.82, 2.24) is 19.9 Å². The Morgan fingerprint density at radius 1 is 0.816 bits per heavy atom. The number of fused-ring (bicyclic) bond motifs is 1. The normalized spacial score (nSPS) is 12.8. The summed E-state index contributed by atoms with van der Waals surface area (Å²) < 4.78 is 7.74. The molecule has 0 atom stereocenters. The number of hydrogen-bond acceptors (Lipinski definition) is 7. The van der Waals surface area contributed by atoms with E-state index in [1.807, 2.05) is 60.7 Å². The molecular formula is C29H22N6O2S. The molecule has 6 rings (SSSR count). The number of benzene rings is 3. The van der Waals surface area contributed by atoms with Crippen LogP contribution < -0.4 is 15.5 Å². The molecule has 2 N–H and O–H groups in total. The van der Waals surface area contributed by atoms with Crippen molar-refractivity contribution >= 4 is 34.0 Å². The van der Waals surface area contributed by atoms with E-state index < -0.39 is 0 Å². The maximum atomic E-state index is 14.2. The minimum absolute atomic E-state index is 0.0976. The number of nitrogens with zero attached hydrogens (tertiary/aromatic N) is 5. The molecule has 0 aliphatic carbocycles. The van der Waals surface area contributed by atoms with Gasteiger partial charge in [0.15, 0.2) is 5.82 Å². The monoisotopic (exact) mass is 518 g/mol. The number of ether oxygens (including phenoxy) is 1. The summed E-state index contributed by atoms with van der Waals surface area (Å²) >= 11 is 1.46. The highest BCUT2D eigenvalue weighted by molar-refractivity contribution is 8.08. The smallest absolute Gasteiger partial charge is 0.277 e. The number of rotatable bonds is 6. The van der Waals surface area contributed by atoms with Gasteiger partial charge in [0.2, 0.25) is 5.16 Å². The SMILES string of the molecule is Nc1ccc(OCc2nnc3n2N(C(=O)c2ccncc2)C(c2ccccc2)=C(c2ccccc2)S3)cc1. The number of anilines is 1. The third-order valence-corrected chi connectivity index (χ3v) is 7.02. The fourth-order valence-electron chi connectivity index (χ4n) is 4.14. The first-order valence-electron chi connectivity index (χ1n) is 11.9. The van der Waals surface area contributed by atoms with Crippen LogP contribution in [0.15, 0.2) is 115 Å². The average molecular weight is 519 g/mol. The molecule has 5 aromatic rings. The number of nitrogen functional groups attached to an aromatic ring is 1. The zero-order valence-corrected chi connectivity index (χ0v) is 21.0. The van der Waals surface area contributed by atoms with Gasteiger partial charge in [-0.05, 0) is 53.7 Å². The topological polar surface area (TPSA) is 99.2 Å². The number of carbonyl (C=O) groups is 1. The van der Waals surface area contributed by atoms with E-state index in [4.69, 9.17) is 10.5 Å². The number of aromatic nitrogens is 4. The van der Waals surface area contributed by atoms with Crippen molar-refractivity contribution in [3.8, 4) is 5.75 Å². The van der Waals surface area contributed by atoms with Crippen LogP contribution in [0.2, 0.25) is 0 Å². The lowest BCUT2D eigenvalue weighted by atomic mass is 10.1. The van der Waals surface area contributed by atoms with E-state index in [0.717, 1.165) is 21.7 Å². The molecule has 0 unspecified atom stereocenters. The van der Waals surface area contributed by atoms with E-state index in [1.54, 1.807) is 58.5 Å². The Kier molecular flexibility index (Phi) is 6.33. The van der Waals surface area contributed by atoms with Crippen molar-refractivity contribution in [2.24, 2.45) is 0 Å². The summed E-state index contributed by atoms with van der Waals surface area (Å²) in [6.07, 6.45) is 3.21. The molecule has 186 valence electrons. The molecule has 0 saturated carbocycles. The van der Waals surface area contributed by atoms with E-state index >= 15 is 0 Å². The van der Waals surface area contributed by atoms with Gasteiger partial charge in [0, 0.05) is 34.1 Å². The predicted octanol–water partition coefficient (Wildman–Crippen LogP) is 5.24. The zero-order chi connectivity index (χ0) is 25.9. The second-order valence-corrected chi connectivity index (χ2v) is 9.41. The van der Waals surface area contributed by atoms with Gasteiger partial charge in [-0.15, -0.1) is 10.2 Å². The summed E-state index contributed by atoms with van der Waals surface area (Å²) in [5.41, 5.74) is 9.52. The fourth-order valence-corrected chi connectivity index (χ4v) is 5.23. The van der Waals surface area contributed by atoms with Crippen molar-refractivity contribution in [1.29, 1.82) is 0 Å². The molecule has 8 nitrogen and oxygen atoms in total. The minimum Gasteiger partial charge on any atom is -0.486 e. The first kappa shape index (κ1) is 23.5. The third kappa shape index (κ3) is 4.51. The Hall–Kier alpha value is -4.89. The van der Waals surface area contributed by atoms with Crippen LogP contribution in [0.25, 0.3) is 10.6 Å². The first-order chi connectivity index (χ1) is 18.7. The van der Waals surface area contributed by atoms with Crippen molar-refractivity contribution in [3.05, 3.63) is 132 Å². The van der Waals surface area contributed by atoms with Gasteiger partial charge in [0.1, 0.15) is 12.4 Å². The van der Waals surface area contributed by atoms with Gasteiger partial charge in [0.25, 0.3) is 5.91 Å². The molecular weight excluding hydrogens is 496 g/mol. The van der Waals surface area contributed by atoms with Crippen LogP contribution in [0.4, 0.5) is 5.69 Å². The van der Waals surface area contributed by atoms with Crippen LogP contribution in [0.1, 0.15) is 27.3 Å². The standard InChI is InChI=1S/C29H22N6O2S/c30-23-11-13-24(14-12-23)37-19-25-32-33-29-34(25)35(28(36)22-15-17-31-18-16-22)26(20-7-3-1-4-8-20)27(38-29)21-9-5-2-6-10-21/h1-18H,19,30H2. The van der Waals surface area contributed by atoms with Crippen molar-refractivity contribution in [3.63, 3.8) is 0 Å². The van der Waals surface area contributed by atoms with Gasteiger partial charge in [-0.1, -0.05) is 60.7 Å². The molecule has 3 aromatic carbocycles. The van der Waals surface area contributed by atoms with Gasteiger partial charge in [0.05, 0.1) is 5.70 Å².